The second kappa shape index (κ2) is 8.29. The van der Waals surface area contributed by atoms with Gasteiger partial charge in [-0.2, -0.15) is 18.3 Å². The number of nitrogens with two attached hydrogens (primary N) is 1. The first kappa shape index (κ1) is 23.2. The van der Waals surface area contributed by atoms with Gasteiger partial charge < -0.3 is 10.6 Å². The van der Waals surface area contributed by atoms with Crippen LogP contribution >= 0.6 is 0 Å². The summed E-state index contributed by atoms with van der Waals surface area (Å²) in [6.45, 7) is -0.480. The monoisotopic (exact) mass is 501 g/mol. The highest BCUT2D eigenvalue weighted by atomic mass is 19.4. The fraction of sp³-hybridized carbons (Fsp3) is 0.130. The van der Waals surface area contributed by atoms with Gasteiger partial charge in [0.25, 0.3) is 5.91 Å². The van der Waals surface area contributed by atoms with Crippen molar-refractivity contribution in [1.82, 2.24) is 24.1 Å². The SMILES string of the molecule is Cn1cc(N(Cc2ccc(C(F)(F)F)cc2F)C(=O)c2cc3c(cc2F)nc(N)c2cncn23)cn1. The standard InChI is InChI=1S/C23H16F5N7O/c1-33-10-14(7-31-33)34(9-12-2-3-13(4-16(12)24)23(26,27)28)22(36)15-5-19-18(6-17(15)25)32-21(29)20-8-30-11-35(19)20/h2-8,10-11H,9H2,1H3,(H2,29,32). The quantitative estimate of drug-likeness (QED) is 0.370. The molecule has 0 aliphatic carbocycles. The second-order valence-corrected chi connectivity index (χ2v) is 8.03. The zero-order valence-corrected chi connectivity index (χ0v) is 18.5. The molecule has 0 saturated heterocycles. The van der Waals surface area contributed by atoms with Crippen molar-refractivity contribution in [2.75, 3.05) is 10.6 Å². The van der Waals surface area contributed by atoms with Crippen molar-refractivity contribution >= 4 is 34.0 Å². The molecular formula is C23H16F5N7O. The Morgan fingerprint density at radius 2 is 1.86 bits per heavy atom. The van der Waals surface area contributed by atoms with Crippen LogP contribution in [0.2, 0.25) is 0 Å². The average molecular weight is 501 g/mol. The summed E-state index contributed by atoms with van der Waals surface area (Å²) < 4.78 is 71.6. The summed E-state index contributed by atoms with van der Waals surface area (Å²) in [5.74, 6) is -2.83. The summed E-state index contributed by atoms with van der Waals surface area (Å²) in [7, 11) is 1.58. The van der Waals surface area contributed by atoms with Gasteiger partial charge in [-0.15, -0.1) is 0 Å². The molecule has 0 saturated carbocycles. The lowest BCUT2D eigenvalue weighted by Gasteiger charge is -2.22. The Hall–Kier alpha value is -4.55. The number of alkyl halides is 3. The van der Waals surface area contributed by atoms with E-state index in [1.807, 2.05) is 0 Å². The van der Waals surface area contributed by atoms with E-state index in [2.05, 4.69) is 15.1 Å². The van der Waals surface area contributed by atoms with E-state index in [1.165, 1.54) is 40.1 Å². The third-order valence-electron chi connectivity index (χ3n) is 5.65. The molecule has 184 valence electrons. The van der Waals surface area contributed by atoms with Gasteiger partial charge in [-0.3, -0.25) is 13.9 Å². The van der Waals surface area contributed by atoms with Crippen molar-refractivity contribution in [3.8, 4) is 0 Å². The molecule has 5 aromatic rings. The van der Waals surface area contributed by atoms with E-state index < -0.39 is 35.8 Å². The van der Waals surface area contributed by atoms with Crippen LogP contribution in [0.25, 0.3) is 16.6 Å². The Labute approximate surface area is 199 Å². The maximum atomic E-state index is 15.1. The van der Waals surface area contributed by atoms with Gasteiger partial charge in [-0.1, -0.05) is 6.07 Å². The summed E-state index contributed by atoms with van der Waals surface area (Å²) in [6.07, 6.45) is 0.896. The van der Waals surface area contributed by atoms with Crippen LogP contribution in [0.5, 0.6) is 0 Å². The predicted octanol–water partition coefficient (Wildman–Crippen LogP) is 4.34. The summed E-state index contributed by atoms with van der Waals surface area (Å²) in [4.78, 5) is 22.8. The topological polar surface area (TPSA) is 94.3 Å². The zero-order chi connectivity index (χ0) is 25.8. The fourth-order valence-corrected chi connectivity index (χ4v) is 3.86. The van der Waals surface area contributed by atoms with Gasteiger partial charge in [0.05, 0.1) is 53.1 Å². The van der Waals surface area contributed by atoms with Crippen LogP contribution in [0, 0.1) is 11.6 Å². The van der Waals surface area contributed by atoms with Crippen LogP contribution in [0.15, 0.2) is 55.2 Å². The number of hydrogen-bond acceptors (Lipinski definition) is 5. The van der Waals surface area contributed by atoms with E-state index in [-0.39, 0.29) is 28.1 Å². The lowest BCUT2D eigenvalue weighted by atomic mass is 10.1. The minimum Gasteiger partial charge on any atom is -0.382 e. The normalized spacial score (nSPS) is 11.9. The number of rotatable bonds is 4. The zero-order valence-electron chi connectivity index (χ0n) is 18.5. The molecule has 0 aliphatic heterocycles. The van der Waals surface area contributed by atoms with Crippen LogP contribution in [0.3, 0.4) is 0 Å². The number of anilines is 2. The van der Waals surface area contributed by atoms with Gasteiger partial charge in [0.2, 0.25) is 0 Å². The van der Waals surface area contributed by atoms with Crippen LogP contribution in [-0.4, -0.2) is 30.1 Å². The number of fused-ring (bicyclic) bond motifs is 3. The van der Waals surface area contributed by atoms with Gasteiger partial charge in [-0.05, 0) is 18.2 Å². The molecule has 1 amide bonds. The molecule has 3 aromatic heterocycles. The van der Waals surface area contributed by atoms with Crippen molar-refractivity contribution < 1.29 is 26.7 Å². The molecule has 0 unspecified atom stereocenters. The van der Waals surface area contributed by atoms with Crippen LogP contribution in [0.1, 0.15) is 21.5 Å². The molecule has 2 N–H and O–H groups in total. The van der Waals surface area contributed by atoms with Crippen molar-refractivity contribution in [3.63, 3.8) is 0 Å². The number of aromatic nitrogens is 5. The number of nitrogens with zero attached hydrogens (tertiary/aromatic N) is 6. The number of carbonyl (C=O) groups excluding carboxylic acids is 1. The number of amides is 1. The second-order valence-electron chi connectivity index (χ2n) is 8.03. The molecule has 0 aliphatic rings. The van der Waals surface area contributed by atoms with E-state index in [1.54, 1.807) is 7.05 Å². The number of halogens is 5. The molecule has 0 atom stereocenters. The van der Waals surface area contributed by atoms with Crippen molar-refractivity contribution in [2.45, 2.75) is 12.7 Å². The predicted molar refractivity (Wildman–Crippen MR) is 120 cm³/mol. The minimum atomic E-state index is -4.73. The first-order valence-electron chi connectivity index (χ1n) is 10.4. The lowest BCUT2D eigenvalue weighted by Crippen LogP contribution is -2.31. The minimum absolute atomic E-state index is 0.119. The molecule has 0 bridgehead atoms. The number of nitrogen functional groups attached to an aromatic ring is 1. The molecule has 8 nitrogen and oxygen atoms in total. The van der Waals surface area contributed by atoms with Crippen molar-refractivity contribution in [2.24, 2.45) is 7.05 Å². The highest BCUT2D eigenvalue weighted by Crippen LogP contribution is 2.31. The van der Waals surface area contributed by atoms with Gasteiger partial charge in [0.15, 0.2) is 0 Å². The van der Waals surface area contributed by atoms with Crippen molar-refractivity contribution in [1.29, 1.82) is 0 Å². The molecule has 0 fully saturated rings. The highest BCUT2D eigenvalue weighted by molar-refractivity contribution is 6.07. The van der Waals surface area contributed by atoms with Crippen LogP contribution in [-0.2, 0) is 19.8 Å². The number of benzene rings is 2. The van der Waals surface area contributed by atoms with Gasteiger partial charge in [0.1, 0.15) is 23.0 Å². The molecular weight excluding hydrogens is 485 g/mol. The maximum absolute atomic E-state index is 15.1. The summed E-state index contributed by atoms with van der Waals surface area (Å²) >= 11 is 0. The molecule has 36 heavy (non-hydrogen) atoms. The smallest absolute Gasteiger partial charge is 0.382 e. The third-order valence-corrected chi connectivity index (χ3v) is 5.65. The van der Waals surface area contributed by atoms with Gasteiger partial charge in [0, 0.05) is 24.9 Å². The molecule has 13 heteroatoms. The molecule has 2 aromatic carbocycles. The number of hydrogen-bond donors (Lipinski definition) is 1. The first-order valence-corrected chi connectivity index (χ1v) is 10.4. The Morgan fingerprint density at radius 1 is 1.08 bits per heavy atom. The number of aryl methyl sites for hydroxylation is 1. The number of imidazole rings is 1. The van der Waals surface area contributed by atoms with E-state index in [9.17, 15) is 22.4 Å². The van der Waals surface area contributed by atoms with E-state index >= 15 is 4.39 Å². The Balaban J connectivity index is 1.61. The Bertz CT molecular complexity index is 1640. The average Bonchev–Trinajstić information content (AvgIpc) is 3.47. The van der Waals surface area contributed by atoms with Gasteiger partial charge in [-0.25, -0.2) is 18.7 Å². The Morgan fingerprint density at radius 3 is 2.53 bits per heavy atom. The van der Waals surface area contributed by atoms with Gasteiger partial charge >= 0.3 is 6.18 Å². The lowest BCUT2D eigenvalue weighted by molar-refractivity contribution is -0.137. The molecule has 5 rings (SSSR count). The van der Waals surface area contributed by atoms with E-state index in [0.29, 0.717) is 23.2 Å². The summed E-state index contributed by atoms with van der Waals surface area (Å²) in [6, 6.07) is 4.31. The largest absolute Gasteiger partial charge is 0.416 e. The van der Waals surface area contributed by atoms with E-state index in [0.717, 1.165) is 17.0 Å². The maximum Gasteiger partial charge on any atom is 0.416 e. The third kappa shape index (κ3) is 3.97. The van der Waals surface area contributed by atoms with E-state index in [4.69, 9.17) is 5.73 Å². The molecule has 0 radical (unpaired) electrons. The molecule has 0 spiro atoms. The van der Waals surface area contributed by atoms with Crippen LogP contribution < -0.4 is 10.6 Å². The highest BCUT2D eigenvalue weighted by Gasteiger charge is 2.32. The fourth-order valence-electron chi connectivity index (χ4n) is 3.86. The summed E-state index contributed by atoms with van der Waals surface area (Å²) in [5.41, 5.74) is 5.30. The first-order chi connectivity index (χ1) is 17.0. The summed E-state index contributed by atoms with van der Waals surface area (Å²) in [5, 5.41) is 3.99. The molecule has 3 heterocycles. The number of carbonyl (C=O) groups is 1. The van der Waals surface area contributed by atoms with Crippen LogP contribution in [0.4, 0.5) is 33.5 Å². The van der Waals surface area contributed by atoms with Crippen molar-refractivity contribution in [3.05, 3.63) is 83.6 Å². The Kier molecular flexibility index (Phi) is 5.34.